The molecule has 28 heavy (non-hydrogen) atoms. The van der Waals surface area contributed by atoms with Crippen LogP contribution in [0.1, 0.15) is 33.9 Å². The lowest BCUT2D eigenvalue weighted by Gasteiger charge is -2.37. The lowest BCUT2D eigenvalue weighted by molar-refractivity contribution is -0.138. The number of amides is 1. The third kappa shape index (κ3) is 3.60. The molecule has 1 aliphatic rings. The lowest BCUT2D eigenvalue weighted by Crippen LogP contribution is -2.41. The fourth-order valence-corrected chi connectivity index (χ4v) is 3.63. The first-order valence-corrected chi connectivity index (χ1v) is 8.90. The summed E-state index contributed by atoms with van der Waals surface area (Å²) in [7, 11) is 4.58. The number of benzene rings is 2. The van der Waals surface area contributed by atoms with Crippen molar-refractivity contribution in [3.8, 4) is 17.2 Å². The van der Waals surface area contributed by atoms with Crippen LogP contribution in [0.25, 0.3) is 0 Å². The number of aliphatic carboxylic acids is 1. The maximum atomic E-state index is 13.3. The second kappa shape index (κ2) is 8.21. The number of rotatable bonds is 6. The summed E-state index contributed by atoms with van der Waals surface area (Å²) in [5.41, 5.74) is 2.12. The number of carbonyl (C=O) groups excluding carboxylic acids is 1. The Morgan fingerprint density at radius 2 is 1.68 bits per heavy atom. The van der Waals surface area contributed by atoms with E-state index in [1.54, 1.807) is 42.3 Å². The van der Waals surface area contributed by atoms with Gasteiger partial charge in [0.25, 0.3) is 5.91 Å². The summed E-state index contributed by atoms with van der Waals surface area (Å²) >= 11 is 0. The van der Waals surface area contributed by atoms with E-state index in [0.717, 1.165) is 11.1 Å². The number of methoxy groups -OCH3 is 3. The number of hydrogen-bond acceptors (Lipinski definition) is 5. The Bertz CT molecular complexity index is 894. The van der Waals surface area contributed by atoms with Crippen molar-refractivity contribution in [3.05, 3.63) is 53.1 Å². The van der Waals surface area contributed by atoms with Crippen molar-refractivity contribution in [3.63, 3.8) is 0 Å². The van der Waals surface area contributed by atoms with Crippen molar-refractivity contribution < 1.29 is 28.9 Å². The minimum atomic E-state index is -0.981. The van der Waals surface area contributed by atoms with Crippen LogP contribution >= 0.6 is 0 Å². The average Bonchev–Trinajstić information content (AvgIpc) is 2.72. The molecule has 2 aromatic carbocycles. The number of para-hydroxylation sites is 1. The van der Waals surface area contributed by atoms with Crippen molar-refractivity contribution in [2.24, 2.45) is 0 Å². The molecule has 1 atom stereocenters. The van der Waals surface area contributed by atoms with Crippen LogP contribution in [0.3, 0.4) is 0 Å². The Labute approximate surface area is 163 Å². The van der Waals surface area contributed by atoms with Gasteiger partial charge in [0.2, 0.25) is 0 Å². The summed E-state index contributed by atoms with van der Waals surface area (Å²) < 4.78 is 16.0. The van der Waals surface area contributed by atoms with Crippen molar-refractivity contribution in [2.45, 2.75) is 18.9 Å². The first-order valence-electron chi connectivity index (χ1n) is 8.90. The van der Waals surface area contributed by atoms with Gasteiger partial charge in [-0.1, -0.05) is 12.1 Å². The molecule has 0 saturated carbocycles. The first-order chi connectivity index (χ1) is 13.5. The van der Waals surface area contributed by atoms with Gasteiger partial charge in [0.15, 0.2) is 11.5 Å². The van der Waals surface area contributed by atoms with Gasteiger partial charge < -0.3 is 24.2 Å². The SMILES string of the molecule is COc1cc2c(cc1OC)C(CC(=O)O)N(C(=O)c1ccccc1OC)CC2. The van der Waals surface area contributed by atoms with Crippen LogP contribution in [-0.2, 0) is 11.2 Å². The fraction of sp³-hybridized carbons (Fsp3) is 0.333. The number of fused-ring (bicyclic) bond motifs is 1. The molecule has 0 bridgehead atoms. The Hall–Kier alpha value is -3.22. The van der Waals surface area contributed by atoms with E-state index in [9.17, 15) is 14.7 Å². The van der Waals surface area contributed by atoms with Gasteiger partial charge in [0.05, 0.1) is 39.4 Å². The molecule has 0 radical (unpaired) electrons. The highest BCUT2D eigenvalue weighted by molar-refractivity contribution is 5.97. The highest BCUT2D eigenvalue weighted by atomic mass is 16.5. The summed E-state index contributed by atoms with van der Waals surface area (Å²) in [4.78, 5) is 26.4. The highest BCUT2D eigenvalue weighted by Crippen LogP contribution is 2.40. The minimum absolute atomic E-state index is 0.205. The molecule has 0 fully saturated rings. The van der Waals surface area contributed by atoms with Crippen molar-refractivity contribution in [1.29, 1.82) is 0 Å². The Kier molecular flexibility index (Phi) is 5.73. The number of hydrogen-bond donors (Lipinski definition) is 1. The smallest absolute Gasteiger partial charge is 0.305 e. The zero-order valence-electron chi connectivity index (χ0n) is 16.1. The molecule has 0 saturated heterocycles. The van der Waals surface area contributed by atoms with E-state index in [-0.39, 0.29) is 12.3 Å². The first kappa shape index (κ1) is 19.5. The van der Waals surface area contributed by atoms with E-state index < -0.39 is 12.0 Å². The molecule has 148 valence electrons. The predicted octanol–water partition coefficient (Wildman–Crippen LogP) is 2.93. The highest BCUT2D eigenvalue weighted by Gasteiger charge is 2.35. The van der Waals surface area contributed by atoms with Gasteiger partial charge in [0.1, 0.15) is 5.75 Å². The standard InChI is InChI=1S/C21H23NO6/c1-26-17-7-5-4-6-14(17)21(25)22-9-8-13-10-18(27-2)19(28-3)11-15(13)16(22)12-20(23)24/h4-7,10-11,16H,8-9,12H2,1-3H3,(H,23,24). The number of carbonyl (C=O) groups is 2. The molecule has 3 rings (SSSR count). The maximum Gasteiger partial charge on any atom is 0.305 e. The van der Waals surface area contributed by atoms with E-state index in [2.05, 4.69) is 0 Å². The number of nitrogens with zero attached hydrogens (tertiary/aromatic N) is 1. The van der Waals surface area contributed by atoms with Crippen LogP contribution in [0.2, 0.25) is 0 Å². The van der Waals surface area contributed by atoms with E-state index in [1.807, 2.05) is 6.07 Å². The van der Waals surface area contributed by atoms with E-state index in [1.165, 1.54) is 14.2 Å². The summed E-state index contributed by atoms with van der Waals surface area (Å²) in [6, 6.07) is 9.95. The minimum Gasteiger partial charge on any atom is -0.496 e. The van der Waals surface area contributed by atoms with Crippen molar-refractivity contribution in [1.82, 2.24) is 4.90 Å². The summed E-state index contributed by atoms with van der Waals surface area (Å²) in [6.07, 6.45) is 0.385. The zero-order valence-corrected chi connectivity index (χ0v) is 16.1. The normalized spacial score (nSPS) is 15.5. The third-order valence-electron chi connectivity index (χ3n) is 4.97. The number of carboxylic acids is 1. The molecule has 1 heterocycles. The number of carboxylic acid groups (broad SMARTS) is 1. The predicted molar refractivity (Wildman–Crippen MR) is 102 cm³/mol. The quantitative estimate of drug-likeness (QED) is 0.823. The van der Waals surface area contributed by atoms with Crippen molar-refractivity contribution >= 4 is 11.9 Å². The van der Waals surface area contributed by atoms with Crippen LogP contribution in [0.15, 0.2) is 36.4 Å². The van der Waals surface area contributed by atoms with Gasteiger partial charge in [-0.25, -0.2) is 0 Å². The summed E-state index contributed by atoms with van der Waals surface area (Å²) in [6.45, 7) is 0.400. The van der Waals surface area contributed by atoms with Crippen LogP contribution in [0, 0.1) is 0 Å². The molecular formula is C21H23NO6. The van der Waals surface area contributed by atoms with Gasteiger partial charge >= 0.3 is 5.97 Å². The molecule has 0 aliphatic carbocycles. The van der Waals surface area contributed by atoms with Gasteiger partial charge in [-0.3, -0.25) is 9.59 Å². The average molecular weight is 385 g/mol. The number of ether oxygens (including phenoxy) is 3. The monoisotopic (exact) mass is 385 g/mol. The van der Waals surface area contributed by atoms with E-state index >= 15 is 0 Å². The Morgan fingerprint density at radius 1 is 1.04 bits per heavy atom. The van der Waals surface area contributed by atoms with Gasteiger partial charge in [-0.05, 0) is 41.8 Å². The molecule has 0 aromatic heterocycles. The molecule has 1 N–H and O–H groups in total. The lowest BCUT2D eigenvalue weighted by atomic mass is 9.89. The molecule has 1 unspecified atom stereocenters. The van der Waals surface area contributed by atoms with Gasteiger partial charge in [0, 0.05) is 6.54 Å². The largest absolute Gasteiger partial charge is 0.496 e. The summed E-state index contributed by atoms with van der Waals surface area (Å²) in [5.74, 6) is 0.303. The molecule has 1 aliphatic heterocycles. The molecule has 2 aromatic rings. The topological polar surface area (TPSA) is 85.3 Å². The van der Waals surface area contributed by atoms with E-state index in [4.69, 9.17) is 14.2 Å². The van der Waals surface area contributed by atoms with Crippen LogP contribution in [-0.4, -0.2) is 49.8 Å². The van der Waals surface area contributed by atoms with Gasteiger partial charge in [-0.2, -0.15) is 0 Å². The fourth-order valence-electron chi connectivity index (χ4n) is 3.63. The molecule has 7 nitrogen and oxygen atoms in total. The maximum absolute atomic E-state index is 13.3. The van der Waals surface area contributed by atoms with Gasteiger partial charge in [-0.15, -0.1) is 0 Å². The Balaban J connectivity index is 2.06. The van der Waals surface area contributed by atoms with Crippen molar-refractivity contribution in [2.75, 3.05) is 27.9 Å². The Morgan fingerprint density at radius 3 is 2.32 bits per heavy atom. The van der Waals surface area contributed by atoms with Crippen LogP contribution < -0.4 is 14.2 Å². The second-order valence-corrected chi connectivity index (χ2v) is 6.47. The zero-order chi connectivity index (χ0) is 20.3. The second-order valence-electron chi connectivity index (χ2n) is 6.47. The third-order valence-corrected chi connectivity index (χ3v) is 4.97. The van der Waals surface area contributed by atoms with Crippen LogP contribution in [0.4, 0.5) is 0 Å². The molecule has 1 amide bonds. The summed E-state index contributed by atoms with van der Waals surface area (Å²) in [5, 5.41) is 9.47. The molecular weight excluding hydrogens is 362 g/mol. The van der Waals surface area contributed by atoms with E-state index in [0.29, 0.717) is 35.8 Å². The van der Waals surface area contributed by atoms with Crippen LogP contribution in [0.5, 0.6) is 17.2 Å². The molecule has 7 heteroatoms. The molecule has 0 spiro atoms.